The molecule has 12 aromatic rings. The lowest BCUT2D eigenvalue weighted by atomic mass is 9.93. The van der Waals surface area contributed by atoms with Crippen LogP contribution in [0.2, 0.25) is 0 Å². The minimum atomic E-state index is -2.09. The highest BCUT2D eigenvalue weighted by molar-refractivity contribution is 5.79. The van der Waals surface area contributed by atoms with E-state index in [1.165, 1.54) is 123 Å². The van der Waals surface area contributed by atoms with Gasteiger partial charge in [0.25, 0.3) is 0 Å². The van der Waals surface area contributed by atoms with Gasteiger partial charge in [-0.15, -0.1) is 0 Å². The third kappa shape index (κ3) is 14.9. The third-order valence-electron chi connectivity index (χ3n) is 16.6. The second-order valence-electron chi connectivity index (χ2n) is 23.4. The van der Waals surface area contributed by atoms with Crippen LogP contribution in [0.4, 0.5) is 0 Å². The summed E-state index contributed by atoms with van der Waals surface area (Å²) in [5.41, 5.74) is 33.2. The van der Waals surface area contributed by atoms with Crippen LogP contribution in [0, 0.1) is 76.1 Å². The van der Waals surface area contributed by atoms with Gasteiger partial charge in [-0.2, -0.15) is 0 Å². The van der Waals surface area contributed by atoms with Crippen LogP contribution in [-0.4, -0.2) is 0 Å². The molecule has 0 unspecified atom stereocenters. The zero-order chi connectivity index (χ0) is 64.4. The van der Waals surface area contributed by atoms with Crippen LogP contribution in [0.3, 0.4) is 0 Å². The van der Waals surface area contributed by atoms with Crippen LogP contribution in [0.15, 0.2) is 249 Å². The molecule has 0 atom stereocenters. The summed E-state index contributed by atoms with van der Waals surface area (Å²) >= 11 is 0. The van der Waals surface area contributed by atoms with E-state index in [2.05, 4.69) is 317 Å². The van der Waals surface area contributed by atoms with Gasteiger partial charge in [0, 0.05) is 73.4 Å². The summed E-state index contributed by atoms with van der Waals surface area (Å²) in [7, 11) is 8.23. The Bertz CT molecular complexity index is 4480. The van der Waals surface area contributed by atoms with E-state index in [-0.39, 0.29) is 0 Å². The predicted octanol–water partition coefficient (Wildman–Crippen LogP) is 18.8. The Morgan fingerprint density at radius 2 is 0.598 bits per heavy atom. The van der Waals surface area contributed by atoms with Crippen LogP contribution in [-0.2, 0) is 28.2 Å². The molecule has 0 spiro atoms. The van der Waals surface area contributed by atoms with Gasteiger partial charge < -0.3 is 0 Å². The topological polar surface area (TPSA) is 15.5 Å². The van der Waals surface area contributed by atoms with Crippen molar-refractivity contribution in [3.63, 3.8) is 0 Å². The minimum absolute atomic E-state index is 0.352. The third-order valence-corrected chi connectivity index (χ3v) is 16.6. The summed E-state index contributed by atoms with van der Waals surface area (Å²) in [5, 5.41) is 0. The zero-order valence-corrected chi connectivity index (χ0v) is 53.5. The fourth-order valence-electron chi connectivity index (χ4n) is 11.7. The first-order chi connectivity index (χ1) is 43.1. The Morgan fingerprint density at radius 1 is 0.230 bits per heavy atom. The lowest BCUT2D eigenvalue weighted by Gasteiger charge is -2.12. The molecule has 4 heterocycles. The fourth-order valence-corrected chi connectivity index (χ4v) is 11.7. The largest absolute Gasteiger partial charge is 0.212 e. The molecule has 0 radical (unpaired) electrons. The normalized spacial score (nSPS) is 11.4. The molecule has 4 heteroatoms. The van der Waals surface area contributed by atoms with Gasteiger partial charge in [0.2, 0.25) is 22.8 Å². The molecule has 0 saturated heterocycles. The number of aromatic nitrogens is 4. The first kappa shape index (κ1) is 57.8. The monoisotopic (exact) mass is 1140 g/mol. The summed E-state index contributed by atoms with van der Waals surface area (Å²) in [6.45, 7) is 19.6. The van der Waals surface area contributed by atoms with Crippen molar-refractivity contribution in [2.75, 3.05) is 0 Å². The lowest BCUT2D eigenvalue weighted by Crippen LogP contribution is -2.31. The summed E-state index contributed by atoms with van der Waals surface area (Å²) in [6.07, 6.45) is 8.18. The van der Waals surface area contributed by atoms with Crippen molar-refractivity contribution in [3.05, 3.63) is 310 Å². The molecule has 0 aliphatic rings. The van der Waals surface area contributed by atoms with Gasteiger partial charge in [0.05, 0.1) is 0 Å². The number of aryl methyl sites for hydroxylation is 15. The van der Waals surface area contributed by atoms with E-state index in [0.717, 1.165) is 22.4 Å². The number of nitrogens with zero attached hydrogens (tertiary/aromatic N) is 4. The summed E-state index contributed by atoms with van der Waals surface area (Å²) in [6, 6.07) is 78.9. The van der Waals surface area contributed by atoms with Crippen molar-refractivity contribution in [1.82, 2.24) is 0 Å². The number of pyridine rings is 4. The molecule has 434 valence electrons. The van der Waals surface area contributed by atoms with Crippen molar-refractivity contribution in [2.45, 2.75) is 76.1 Å². The molecule has 0 bridgehead atoms. The number of hydrogen-bond acceptors (Lipinski definition) is 0. The Morgan fingerprint density at radius 3 is 1.03 bits per heavy atom. The molecule has 87 heavy (non-hydrogen) atoms. The van der Waals surface area contributed by atoms with Crippen molar-refractivity contribution >= 4 is 0 Å². The minimum Gasteiger partial charge on any atom is -0.201 e. The molecule has 0 N–H and O–H groups in total. The Kier molecular flexibility index (Phi) is 18.6. The van der Waals surface area contributed by atoms with Gasteiger partial charge in [0.1, 0.15) is 28.2 Å². The maximum atomic E-state index is 7.55. The van der Waals surface area contributed by atoms with Gasteiger partial charge >= 0.3 is 0 Å². The van der Waals surface area contributed by atoms with Crippen molar-refractivity contribution < 1.29 is 22.4 Å². The van der Waals surface area contributed by atoms with Gasteiger partial charge in [-0.25, -0.2) is 18.3 Å². The van der Waals surface area contributed by atoms with Gasteiger partial charge in [0.15, 0.2) is 24.8 Å². The second kappa shape index (κ2) is 28.0. The van der Waals surface area contributed by atoms with Crippen LogP contribution < -0.4 is 18.3 Å². The standard InChI is InChI=1S/C22H24N.C21H22N.2C20H20N/c1-15-12-22(23(5)14-18(15)4)21-13-20(16(2)11-17(21)3)19-9-7-6-8-10-19;1-15-10-11-21(22(4)14-15)20-13-19(16(2)12-17(20)3)18-8-6-5-7-9-18;1-15-13-16(2)19(20-11-7-8-12-21(20)3)14-18(15)17-9-5-4-6-10-17;1-15-9-12-20(21(3)14-15)19-13-18(11-10-16(19)2)17-7-5-4-6-8-17/h6-14H,1-5H3;5-14H,1-4H3;2*4-14H,1-3H3/q4*+1/i;;;1D3. The molecule has 0 saturated carbocycles. The molecular formula is C83H86N4+4. The maximum Gasteiger partial charge on any atom is 0.212 e. The average molecular weight is 1140 g/mol. The van der Waals surface area contributed by atoms with E-state index < -0.39 is 6.85 Å². The molecular weight excluding hydrogens is 1050 g/mol. The van der Waals surface area contributed by atoms with E-state index in [1.54, 1.807) is 12.3 Å². The lowest BCUT2D eigenvalue weighted by molar-refractivity contribution is -0.660. The second-order valence-corrected chi connectivity index (χ2v) is 23.4. The molecule has 4 aromatic heterocycles. The highest BCUT2D eigenvalue weighted by atomic mass is 14.9. The molecule has 8 aromatic carbocycles. The quantitative estimate of drug-likeness (QED) is 0.135. The van der Waals surface area contributed by atoms with E-state index in [9.17, 15) is 0 Å². The van der Waals surface area contributed by atoms with Gasteiger partial charge in [-0.1, -0.05) is 152 Å². The smallest absolute Gasteiger partial charge is 0.201 e. The van der Waals surface area contributed by atoms with Gasteiger partial charge in [-0.3, -0.25) is 0 Å². The number of benzene rings is 8. The SMILES string of the molecule is Cc1cc(-c2cc(-c3ccccc3)c(C)cc2C)[n+](C)cc1C.Cc1cc(C)c(-c2cccc[n+]2C)cc1-c1ccccc1.Cc1ccc(-c2cc(-c3ccccc3)c(C)cc2C)[n+](C)c1.[2H]C([2H])([2H])c1ccc(-c2cc(-c3ccccc3)ccc2C)[n+](C)c1. The van der Waals surface area contributed by atoms with Crippen LogP contribution >= 0.6 is 0 Å². The summed E-state index contributed by atoms with van der Waals surface area (Å²) in [4.78, 5) is 0. The summed E-state index contributed by atoms with van der Waals surface area (Å²) in [5.74, 6) is 0. The van der Waals surface area contributed by atoms with Crippen molar-refractivity contribution in [1.29, 1.82) is 0 Å². The molecule has 0 amide bonds. The Hall–Kier alpha value is -9.64. The maximum absolute atomic E-state index is 7.55. The number of rotatable bonds is 8. The Balaban J connectivity index is 0.000000142. The summed E-state index contributed by atoms with van der Waals surface area (Å²) < 4.78 is 31.2. The first-order valence-corrected chi connectivity index (χ1v) is 30.1. The van der Waals surface area contributed by atoms with Crippen LogP contribution in [0.25, 0.3) is 89.5 Å². The molecule has 4 nitrogen and oxygen atoms in total. The highest BCUT2D eigenvalue weighted by Crippen LogP contribution is 2.35. The average Bonchev–Trinajstić information content (AvgIpc) is 1.02. The zero-order valence-electron chi connectivity index (χ0n) is 56.5. The van der Waals surface area contributed by atoms with Crippen molar-refractivity contribution in [3.8, 4) is 89.5 Å². The van der Waals surface area contributed by atoms with Gasteiger partial charge in [-0.05, 0) is 208 Å². The molecule has 0 fully saturated rings. The van der Waals surface area contributed by atoms with Crippen LogP contribution in [0.1, 0.15) is 65.3 Å². The van der Waals surface area contributed by atoms with E-state index in [4.69, 9.17) is 4.11 Å². The van der Waals surface area contributed by atoms with E-state index in [1.807, 2.05) is 35.9 Å². The number of hydrogen-bond donors (Lipinski definition) is 0. The van der Waals surface area contributed by atoms with Crippen LogP contribution in [0.5, 0.6) is 0 Å². The molecule has 0 aliphatic heterocycles. The molecule has 12 rings (SSSR count). The van der Waals surface area contributed by atoms with Crippen molar-refractivity contribution in [2.24, 2.45) is 28.2 Å². The fraction of sp³-hybridized carbons (Fsp3) is 0.181. The molecule has 0 aliphatic carbocycles. The highest BCUT2D eigenvalue weighted by Gasteiger charge is 2.20. The Labute approximate surface area is 523 Å². The first-order valence-electron chi connectivity index (χ1n) is 31.6. The predicted molar refractivity (Wildman–Crippen MR) is 366 cm³/mol. The van der Waals surface area contributed by atoms with E-state index in [0.29, 0.717) is 5.56 Å². The van der Waals surface area contributed by atoms with E-state index >= 15 is 0 Å².